The predicted octanol–water partition coefficient (Wildman–Crippen LogP) is 3.40. The molecule has 1 aliphatic rings. The van der Waals surface area contributed by atoms with Crippen LogP contribution < -0.4 is 5.32 Å². The van der Waals surface area contributed by atoms with Gasteiger partial charge in [0.15, 0.2) is 0 Å². The van der Waals surface area contributed by atoms with Gasteiger partial charge in [0.05, 0.1) is 5.71 Å². The van der Waals surface area contributed by atoms with E-state index in [0.717, 1.165) is 38.1 Å². The van der Waals surface area contributed by atoms with Gasteiger partial charge < -0.3 is 10.5 Å². The van der Waals surface area contributed by atoms with Gasteiger partial charge in [-0.2, -0.15) is 0 Å². The summed E-state index contributed by atoms with van der Waals surface area (Å²) in [6.07, 6.45) is 6.68. The first-order chi connectivity index (χ1) is 9.85. The molecule has 110 valence electrons. The number of nitrogens with zero attached hydrogens (tertiary/aromatic N) is 1. The molecule has 0 saturated carbocycles. The summed E-state index contributed by atoms with van der Waals surface area (Å²) in [5.74, 6) is 0.382. The largest absolute Gasteiger partial charge is 0.411 e. The number of benzene rings is 1. The number of nitrogens with one attached hydrogen (secondary N) is 1. The standard InChI is InChI=1S/C17H26N2O/c1-2-3-6-14-7-4-5-8-15(14)9-10-16-13-18-12-11-17(16)19-20/h4-5,7-8,16,18,20H,2-3,6,9-13H2,1H3/b19-17+. The Bertz CT molecular complexity index is 442. The Kier molecular flexibility index (Phi) is 6.06. The summed E-state index contributed by atoms with van der Waals surface area (Å²) in [6, 6.07) is 8.77. The maximum Gasteiger partial charge on any atom is 0.0627 e. The summed E-state index contributed by atoms with van der Waals surface area (Å²) < 4.78 is 0. The van der Waals surface area contributed by atoms with Crippen molar-refractivity contribution in [2.75, 3.05) is 13.1 Å². The Hall–Kier alpha value is -1.35. The van der Waals surface area contributed by atoms with Crippen molar-refractivity contribution in [2.45, 2.75) is 45.4 Å². The summed E-state index contributed by atoms with van der Waals surface area (Å²) >= 11 is 0. The van der Waals surface area contributed by atoms with E-state index in [1.165, 1.54) is 30.4 Å². The molecule has 2 rings (SSSR count). The first kappa shape index (κ1) is 15.0. The van der Waals surface area contributed by atoms with Gasteiger partial charge in [0.1, 0.15) is 0 Å². The highest BCUT2D eigenvalue weighted by Gasteiger charge is 2.20. The molecule has 1 aliphatic heterocycles. The number of piperidine rings is 1. The monoisotopic (exact) mass is 274 g/mol. The first-order valence-corrected chi connectivity index (χ1v) is 7.83. The molecule has 3 nitrogen and oxygen atoms in total. The lowest BCUT2D eigenvalue weighted by Gasteiger charge is -2.24. The molecule has 1 unspecified atom stereocenters. The Balaban J connectivity index is 1.96. The molecule has 1 heterocycles. The number of hydrogen-bond acceptors (Lipinski definition) is 3. The zero-order chi connectivity index (χ0) is 14.2. The van der Waals surface area contributed by atoms with Gasteiger partial charge in [0, 0.05) is 25.4 Å². The van der Waals surface area contributed by atoms with E-state index < -0.39 is 0 Å². The smallest absolute Gasteiger partial charge is 0.0627 e. The van der Waals surface area contributed by atoms with E-state index in [0.29, 0.717) is 5.92 Å². The van der Waals surface area contributed by atoms with Crippen LogP contribution in [0.3, 0.4) is 0 Å². The maximum atomic E-state index is 9.09. The van der Waals surface area contributed by atoms with Gasteiger partial charge in [-0.05, 0) is 36.8 Å². The number of oxime groups is 1. The summed E-state index contributed by atoms with van der Waals surface area (Å²) in [6.45, 7) is 4.11. The summed E-state index contributed by atoms with van der Waals surface area (Å²) in [7, 11) is 0. The lowest BCUT2D eigenvalue weighted by molar-refractivity contribution is 0.309. The van der Waals surface area contributed by atoms with Crippen LogP contribution in [0.1, 0.15) is 43.7 Å². The average Bonchev–Trinajstić information content (AvgIpc) is 2.52. The zero-order valence-electron chi connectivity index (χ0n) is 12.4. The predicted molar refractivity (Wildman–Crippen MR) is 83.6 cm³/mol. The molecule has 1 atom stereocenters. The Morgan fingerprint density at radius 1 is 1.25 bits per heavy atom. The SMILES string of the molecule is CCCCc1ccccc1CCC1CNCC/C1=N\O. The summed E-state index contributed by atoms with van der Waals surface area (Å²) in [5, 5.41) is 16.0. The van der Waals surface area contributed by atoms with Crippen LogP contribution in [-0.2, 0) is 12.8 Å². The fraction of sp³-hybridized carbons (Fsp3) is 0.588. The van der Waals surface area contributed by atoms with Crippen LogP contribution in [-0.4, -0.2) is 24.0 Å². The minimum absolute atomic E-state index is 0.382. The van der Waals surface area contributed by atoms with Crippen LogP contribution in [0, 0.1) is 5.92 Å². The molecule has 0 aliphatic carbocycles. The van der Waals surface area contributed by atoms with Crippen LogP contribution in [0.4, 0.5) is 0 Å². The van der Waals surface area contributed by atoms with E-state index in [-0.39, 0.29) is 0 Å². The maximum absolute atomic E-state index is 9.09. The molecule has 1 aromatic carbocycles. The molecule has 0 bridgehead atoms. The van der Waals surface area contributed by atoms with Crippen molar-refractivity contribution in [2.24, 2.45) is 11.1 Å². The van der Waals surface area contributed by atoms with Gasteiger partial charge in [-0.1, -0.05) is 42.8 Å². The minimum Gasteiger partial charge on any atom is -0.411 e. The molecular formula is C17H26N2O. The second kappa shape index (κ2) is 8.05. The van der Waals surface area contributed by atoms with E-state index >= 15 is 0 Å². The highest BCUT2D eigenvalue weighted by molar-refractivity contribution is 5.87. The molecule has 0 amide bonds. The number of unbranched alkanes of at least 4 members (excludes halogenated alkanes) is 1. The molecule has 1 aromatic rings. The fourth-order valence-corrected chi connectivity index (χ4v) is 2.96. The van der Waals surface area contributed by atoms with E-state index in [9.17, 15) is 0 Å². The van der Waals surface area contributed by atoms with Crippen LogP contribution in [0.25, 0.3) is 0 Å². The summed E-state index contributed by atoms with van der Waals surface area (Å²) in [5.41, 5.74) is 3.92. The molecular weight excluding hydrogens is 248 g/mol. The summed E-state index contributed by atoms with van der Waals surface area (Å²) in [4.78, 5) is 0. The van der Waals surface area contributed by atoms with Crippen molar-refractivity contribution in [3.8, 4) is 0 Å². The van der Waals surface area contributed by atoms with E-state index in [4.69, 9.17) is 5.21 Å². The topological polar surface area (TPSA) is 44.6 Å². The van der Waals surface area contributed by atoms with Gasteiger partial charge in [-0.3, -0.25) is 0 Å². The number of aryl methyl sites for hydroxylation is 2. The molecule has 0 aromatic heterocycles. The van der Waals surface area contributed by atoms with Crippen molar-refractivity contribution in [1.29, 1.82) is 0 Å². The zero-order valence-corrected chi connectivity index (χ0v) is 12.4. The van der Waals surface area contributed by atoms with Crippen molar-refractivity contribution in [3.63, 3.8) is 0 Å². The quantitative estimate of drug-likeness (QED) is 0.617. The van der Waals surface area contributed by atoms with Gasteiger partial charge in [-0.25, -0.2) is 0 Å². The fourth-order valence-electron chi connectivity index (χ4n) is 2.96. The van der Waals surface area contributed by atoms with Gasteiger partial charge in [-0.15, -0.1) is 0 Å². The highest BCUT2D eigenvalue weighted by atomic mass is 16.4. The van der Waals surface area contributed by atoms with E-state index in [2.05, 4.69) is 41.7 Å². The van der Waals surface area contributed by atoms with Gasteiger partial charge in [0.2, 0.25) is 0 Å². The Morgan fingerprint density at radius 3 is 2.70 bits per heavy atom. The van der Waals surface area contributed by atoms with Crippen molar-refractivity contribution in [3.05, 3.63) is 35.4 Å². The normalized spacial score (nSPS) is 21.2. The third-order valence-electron chi connectivity index (χ3n) is 4.23. The van der Waals surface area contributed by atoms with Crippen molar-refractivity contribution in [1.82, 2.24) is 5.32 Å². The lowest BCUT2D eigenvalue weighted by Crippen LogP contribution is -2.37. The van der Waals surface area contributed by atoms with Crippen LogP contribution >= 0.6 is 0 Å². The number of hydrogen-bond donors (Lipinski definition) is 2. The molecule has 20 heavy (non-hydrogen) atoms. The molecule has 1 fully saturated rings. The van der Waals surface area contributed by atoms with Crippen LogP contribution in [0.5, 0.6) is 0 Å². The Labute approximate surface area is 122 Å². The second-order valence-corrected chi connectivity index (χ2v) is 5.65. The third kappa shape index (κ3) is 4.07. The third-order valence-corrected chi connectivity index (χ3v) is 4.23. The van der Waals surface area contributed by atoms with Crippen LogP contribution in [0.15, 0.2) is 29.4 Å². The second-order valence-electron chi connectivity index (χ2n) is 5.65. The Morgan fingerprint density at radius 2 is 2.00 bits per heavy atom. The minimum atomic E-state index is 0.382. The van der Waals surface area contributed by atoms with Gasteiger partial charge in [0.25, 0.3) is 0 Å². The van der Waals surface area contributed by atoms with E-state index in [1.807, 2.05) is 0 Å². The van der Waals surface area contributed by atoms with Crippen molar-refractivity contribution < 1.29 is 5.21 Å². The van der Waals surface area contributed by atoms with Crippen molar-refractivity contribution >= 4 is 5.71 Å². The average molecular weight is 274 g/mol. The van der Waals surface area contributed by atoms with Crippen LogP contribution in [0.2, 0.25) is 0 Å². The molecule has 0 spiro atoms. The lowest BCUT2D eigenvalue weighted by atomic mass is 9.89. The molecule has 1 saturated heterocycles. The molecule has 2 N–H and O–H groups in total. The molecule has 0 radical (unpaired) electrons. The van der Waals surface area contributed by atoms with Gasteiger partial charge >= 0.3 is 0 Å². The molecule has 3 heteroatoms. The highest BCUT2D eigenvalue weighted by Crippen LogP contribution is 2.19. The number of rotatable bonds is 6. The first-order valence-electron chi connectivity index (χ1n) is 7.83. The van der Waals surface area contributed by atoms with E-state index in [1.54, 1.807) is 0 Å².